The van der Waals surface area contributed by atoms with Gasteiger partial charge in [0.05, 0.1) is 6.10 Å². The summed E-state index contributed by atoms with van der Waals surface area (Å²) < 4.78 is 5.66. The second-order valence-corrected chi connectivity index (χ2v) is 5.95. The molecule has 3 heteroatoms. The fraction of sp³-hybridized carbons (Fsp3) is 0.600. The molecular weight excluding hydrogens is 242 g/mol. The van der Waals surface area contributed by atoms with Crippen LogP contribution in [0.2, 0.25) is 0 Å². The fourth-order valence-electron chi connectivity index (χ4n) is 2.40. The minimum Gasteiger partial charge on any atom is -0.377 e. The van der Waals surface area contributed by atoms with Crippen LogP contribution in [0.15, 0.2) is 24.3 Å². The van der Waals surface area contributed by atoms with Crippen LogP contribution < -0.4 is 5.32 Å². The summed E-state index contributed by atoms with van der Waals surface area (Å²) in [7, 11) is 2.05. The summed E-state index contributed by atoms with van der Waals surface area (Å²) in [5.74, 6) is 2.24. The Kier molecular flexibility index (Phi) is 5.54. The smallest absolute Gasteiger partial charge is 0.0666 e. The monoisotopic (exact) mass is 265 g/mol. The number of thioether (sulfide) groups is 1. The summed E-state index contributed by atoms with van der Waals surface area (Å²) in [6.07, 6.45) is 2.96. The summed E-state index contributed by atoms with van der Waals surface area (Å²) in [6.45, 7) is 3.14. The van der Waals surface area contributed by atoms with Gasteiger partial charge in [0.1, 0.15) is 0 Å². The normalized spacial score (nSPS) is 21.1. The summed E-state index contributed by atoms with van der Waals surface area (Å²) in [4.78, 5) is 0. The van der Waals surface area contributed by atoms with Gasteiger partial charge in [0.2, 0.25) is 0 Å². The quantitative estimate of drug-likeness (QED) is 0.853. The maximum absolute atomic E-state index is 5.66. The van der Waals surface area contributed by atoms with Gasteiger partial charge in [0.25, 0.3) is 0 Å². The Hall–Kier alpha value is -0.510. The maximum Gasteiger partial charge on any atom is 0.0666 e. The van der Waals surface area contributed by atoms with Crippen LogP contribution in [0.5, 0.6) is 0 Å². The van der Waals surface area contributed by atoms with Gasteiger partial charge >= 0.3 is 0 Å². The van der Waals surface area contributed by atoms with E-state index in [9.17, 15) is 0 Å². The molecule has 100 valence electrons. The standard InChI is InChI=1S/C15H23NOS/c1-12-6-3-4-8-14(12)15(16-2)11-18-10-13-7-5-9-17-13/h3-4,6,8,13,15-16H,5,7,9-11H2,1-2H3. The van der Waals surface area contributed by atoms with Gasteiger partial charge in [0.15, 0.2) is 0 Å². The van der Waals surface area contributed by atoms with Crippen LogP contribution in [-0.4, -0.2) is 31.3 Å². The molecule has 0 spiro atoms. The van der Waals surface area contributed by atoms with Crippen molar-refractivity contribution >= 4 is 11.8 Å². The molecule has 2 unspecified atom stereocenters. The molecule has 1 aromatic carbocycles. The number of nitrogens with one attached hydrogen (secondary N) is 1. The highest BCUT2D eigenvalue weighted by molar-refractivity contribution is 7.99. The Bertz CT molecular complexity index is 363. The van der Waals surface area contributed by atoms with Gasteiger partial charge in [-0.15, -0.1) is 0 Å². The highest BCUT2D eigenvalue weighted by atomic mass is 32.2. The van der Waals surface area contributed by atoms with Crippen LogP contribution in [0.3, 0.4) is 0 Å². The van der Waals surface area contributed by atoms with Gasteiger partial charge in [-0.2, -0.15) is 11.8 Å². The molecule has 0 radical (unpaired) electrons. The Morgan fingerprint density at radius 3 is 2.94 bits per heavy atom. The predicted molar refractivity (Wildman–Crippen MR) is 79.3 cm³/mol. The van der Waals surface area contributed by atoms with Crippen LogP contribution in [0.1, 0.15) is 30.0 Å². The zero-order chi connectivity index (χ0) is 12.8. The van der Waals surface area contributed by atoms with Crippen molar-refractivity contribution < 1.29 is 4.74 Å². The maximum atomic E-state index is 5.66. The second kappa shape index (κ2) is 7.17. The fourth-order valence-corrected chi connectivity index (χ4v) is 3.64. The molecule has 1 N–H and O–H groups in total. The molecule has 0 bridgehead atoms. The number of aryl methyl sites for hydroxylation is 1. The lowest BCUT2D eigenvalue weighted by Crippen LogP contribution is -2.21. The van der Waals surface area contributed by atoms with Crippen LogP contribution in [0, 0.1) is 6.92 Å². The topological polar surface area (TPSA) is 21.3 Å². The van der Waals surface area contributed by atoms with Crippen molar-refractivity contribution in [2.45, 2.75) is 31.9 Å². The number of benzene rings is 1. The first-order valence-corrected chi connectivity index (χ1v) is 7.89. The van der Waals surface area contributed by atoms with E-state index in [2.05, 4.69) is 36.5 Å². The lowest BCUT2D eigenvalue weighted by Gasteiger charge is -2.19. The first kappa shape index (κ1) is 13.9. The molecule has 0 saturated carbocycles. The van der Waals surface area contributed by atoms with Gasteiger partial charge in [-0.05, 0) is 37.9 Å². The third-order valence-electron chi connectivity index (χ3n) is 3.52. The average molecular weight is 265 g/mol. The zero-order valence-electron chi connectivity index (χ0n) is 11.3. The zero-order valence-corrected chi connectivity index (χ0v) is 12.1. The number of ether oxygens (including phenoxy) is 1. The highest BCUT2D eigenvalue weighted by Crippen LogP contribution is 2.24. The van der Waals surface area contributed by atoms with Gasteiger partial charge in [-0.1, -0.05) is 24.3 Å². The van der Waals surface area contributed by atoms with Gasteiger partial charge in [-0.25, -0.2) is 0 Å². The second-order valence-electron chi connectivity index (χ2n) is 4.87. The molecule has 1 heterocycles. The van der Waals surface area contributed by atoms with E-state index in [-0.39, 0.29) is 0 Å². The molecule has 0 amide bonds. The molecule has 1 aromatic rings. The van der Waals surface area contributed by atoms with Gasteiger partial charge in [-0.3, -0.25) is 0 Å². The Balaban J connectivity index is 1.83. The molecule has 1 aliphatic rings. The minimum absolute atomic E-state index is 0.442. The number of hydrogen-bond acceptors (Lipinski definition) is 3. The van der Waals surface area contributed by atoms with E-state index in [1.54, 1.807) is 0 Å². The molecule has 0 aliphatic carbocycles. The number of rotatable bonds is 6. The van der Waals surface area contributed by atoms with Crippen LogP contribution in [-0.2, 0) is 4.74 Å². The SMILES string of the molecule is CNC(CSCC1CCCO1)c1ccccc1C. The summed E-state index contributed by atoms with van der Waals surface area (Å²) in [5, 5.41) is 3.42. The molecule has 2 nitrogen and oxygen atoms in total. The van der Waals surface area contributed by atoms with E-state index in [1.165, 1.54) is 24.0 Å². The minimum atomic E-state index is 0.442. The van der Waals surface area contributed by atoms with Crippen molar-refractivity contribution in [3.63, 3.8) is 0 Å². The van der Waals surface area contributed by atoms with Crippen LogP contribution in [0.4, 0.5) is 0 Å². The molecule has 2 atom stereocenters. The predicted octanol–water partition coefficient (Wildman–Crippen LogP) is 3.17. The van der Waals surface area contributed by atoms with E-state index < -0.39 is 0 Å². The Labute approximate surface area is 114 Å². The van der Waals surface area contributed by atoms with Crippen LogP contribution >= 0.6 is 11.8 Å². The highest BCUT2D eigenvalue weighted by Gasteiger charge is 2.17. The van der Waals surface area contributed by atoms with Crippen molar-refractivity contribution in [3.8, 4) is 0 Å². The molecule has 1 fully saturated rings. The summed E-state index contributed by atoms with van der Waals surface area (Å²) in [6, 6.07) is 9.08. The van der Waals surface area contributed by atoms with E-state index in [1.807, 2.05) is 18.8 Å². The first-order chi connectivity index (χ1) is 8.81. The largest absolute Gasteiger partial charge is 0.377 e. The molecule has 18 heavy (non-hydrogen) atoms. The van der Waals surface area contributed by atoms with E-state index >= 15 is 0 Å². The van der Waals surface area contributed by atoms with Crippen LogP contribution in [0.25, 0.3) is 0 Å². The molecule has 2 rings (SSSR count). The Morgan fingerprint density at radius 2 is 2.28 bits per heavy atom. The third kappa shape index (κ3) is 3.74. The molecular formula is C15H23NOS. The van der Waals surface area contributed by atoms with E-state index in [0.29, 0.717) is 12.1 Å². The number of hydrogen-bond donors (Lipinski definition) is 1. The third-order valence-corrected chi connectivity index (χ3v) is 4.70. The summed E-state index contributed by atoms with van der Waals surface area (Å²) >= 11 is 2.00. The molecule has 1 saturated heterocycles. The first-order valence-electron chi connectivity index (χ1n) is 6.73. The van der Waals surface area contributed by atoms with Gasteiger partial charge < -0.3 is 10.1 Å². The van der Waals surface area contributed by atoms with Gasteiger partial charge in [0, 0.05) is 24.2 Å². The summed E-state index contributed by atoms with van der Waals surface area (Å²) in [5.41, 5.74) is 2.79. The Morgan fingerprint density at radius 1 is 1.44 bits per heavy atom. The van der Waals surface area contributed by atoms with Crippen molar-refractivity contribution in [2.24, 2.45) is 0 Å². The lowest BCUT2D eigenvalue weighted by molar-refractivity contribution is 0.129. The van der Waals surface area contributed by atoms with Crippen molar-refractivity contribution in [2.75, 3.05) is 25.2 Å². The molecule has 0 aromatic heterocycles. The average Bonchev–Trinajstić information content (AvgIpc) is 2.89. The van der Waals surface area contributed by atoms with Crippen molar-refractivity contribution in [1.82, 2.24) is 5.32 Å². The lowest BCUT2D eigenvalue weighted by atomic mass is 10.0. The van der Waals surface area contributed by atoms with Crippen molar-refractivity contribution in [1.29, 1.82) is 0 Å². The van der Waals surface area contributed by atoms with Crippen molar-refractivity contribution in [3.05, 3.63) is 35.4 Å². The molecule has 1 aliphatic heterocycles. The van der Waals surface area contributed by atoms with E-state index in [0.717, 1.165) is 18.1 Å². The van der Waals surface area contributed by atoms with E-state index in [4.69, 9.17) is 4.74 Å².